The molecule has 0 spiro atoms. The van der Waals surface area contributed by atoms with E-state index in [2.05, 4.69) is 21.2 Å². The summed E-state index contributed by atoms with van der Waals surface area (Å²) < 4.78 is 14.3. The molecule has 0 aliphatic carbocycles. The number of rotatable bonds is 3. The summed E-state index contributed by atoms with van der Waals surface area (Å²) in [6, 6.07) is 12.1. The molecule has 0 radical (unpaired) electrons. The summed E-state index contributed by atoms with van der Waals surface area (Å²) >= 11 is 9.57. The smallest absolute Gasteiger partial charge is 0.123 e. The molecule has 1 atom stereocenters. The van der Waals surface area contributed by atoms with E-state index in [-0.39, 0.29) is 11.9 Å². The van der Waals surface area contributed by atoms with Gasteiger partial charge >= 0.3 is 0 Å². The first-order valence-corrected chi connectivity index (χ1v) is 6.66. The highest BCUT2D eigenvalue weighted by atomic mass is 79.9. The molecule has 0 saturated carbocycles. The molecule has 0 aliphatic rings. The molecule has 1 unspecified atom stereocenters. The summed E-state index contributed by atoms with van der Waals surface area (Å²) in [6.07, 6.45) is 0. The van der Waals surface area contributed by atoms with Crippen LogP contribution >= 0.6 is 27.5 Å². The Balaban J connectivity index is 2.48. The van der Waals surface area contributed by atoms with E-state index in [1.807, 2.05) is 31.3 Å². The lowest BCUT2D eigenvalue weighted by Crippen LogP contribution is -2.18. The van der Waals surface area contributed by atoms with E-state index in [4.69, 9.17) is 11.6 Å². The van der Waals surface area contributed by atoms with Crippen LogP contribution in [0, 0.1) is 5.82 Å². The molecule has 18 heavy (non-hydrogen) atoms. The molecule has 0 aromatic heterocycles. The number of benzene rings is 2. The van der Waals surface area contributed by atoms with Crippen LogP contribution in [0.1, 0.15) is 17.2 Å². The Labute approximate surface area is 119 Å². The van der Waals surface area contributed by atoms with Crippen molar-refractivity contribution in [3.63, 3.8) is 0 Å². The van der Waals surface area contributed by atoms with E-state index in [9.17, 15) is 4.39 Å². The Kier molecular flexibility index (Phi) is 4.38. The van der Waals surface area contributed by atoms with Crippen LogP contribution in [0.5, 0.6) is 0 Å². The maximum atomic E-state index is 13.3. The van der Waals surface area contributed by atoms with Crippen LogP contribution in [0.2, 0.25) is 5.02 Å². The molecule has 2 aromatic carbocycles. The number of hydrogen-bond acceptors (Lipinski definition) is 1. The SMILES string of the molecule is CNC(c1cccc(Br)c1)c1cc(F)ccc1Cl. The van der Waals surface area contributed by atoms with E-state index in [0.717, 1.165) is 15.6 Å². The number of hydrogen-bond donors (Lipinski definition) is 1. The van der Waals surface area contributed by atoms with E-state index in [1.165, 1.54) is 12.1 Å². The fraction of sp³-hybridized carbons (Fsp3) is 0.143. The summed E-state index contributed by atoms with van der Waals surface area (Å²) in [7, 11) is 1.83. The zero-order valence-electron chi connectivity index (χ0n) is 9.75. The molecule has 0 saturated heterocycles. The predicted molar refractivity (Wildman–Crippen MR) is 76.5 cm³/mol. The standard InChI is InChI=1S/C14H12BrClFN/c1-18-14(9-3-2-4-10(15)7-9)12-8-11(17)5-6-13(12)16/h2-8,14,18H,1H3. The van der Waals surface area contributed by atoms with Crippen LogP contribution in [-0.2, 0) is 0 Å². The van der Waals surface area contributed by atoms with Gasteiger partial charge in [0.1, 0.15) is 5.82 Å². The highest BCUT2D eigenvalue weighted by Crippen LogP contribution is 2.29. The maximum absolute atomic E-state index is 13.3. The number of nitrogens with one attached hydrogen (secondary N) is 1. The fourth-order valence-corrected chi connectivity index (χ4v) is 2.57. The van der Waals surface area contributed by atoms with Gasteiger partial charge < -0.3 is 5.32 Å². The second kappa shape index (κ2) is 5.83. The zero-order valence-corrected chi connectivity index (χ0v) is 12.1. The molecule has 2 aromatic rings. The predicted octanol–water partition coefficient (Wildman–Crippen LogP) is 4.55. The van der Waals surface area contributed by atoms with Gasteiger partial charge in [0.2, 0.25) is 0 Å². The first-order valence-electron chi connectivity index (χ1n) is 5.49. The molecule has 0 bridgehead atoms. The van der Waals surface area contributed by atoms with Crippen molar-refractivity contribution in [3.05, 3.63) is 68.9 Å². The molecule has 1 N–H and O–H groups in total. The minimum absolute atomic E-state index is 0.134. The van der Waals surface area contributed by atoms with Gasteiger partial charge in [-0.15, -0.1) is 0 Å². The average molecular weight is 329 g/mol. The zero-order chi connectivity index (χ0) is 13.1. The monoisotopic (exact) mass is 327 g/mol. The highest BCUT2D eigenvalue weighted by Gasteiger charge is 2.16. The van der Waals surface area contributed by atoms with Crippen molar-refractivity contribution in [1.82, 2.24) is 5.32 Å². The lowest BCUT2D eigenvalue weighted by Gasteiger charge is -2.19. The summed E-state index contributed by atoms with van der Waals surface area (Å²) in [5, 5.41) is 3.71. The molecular weight excluding hydrogens is 317 g/mol. The van der Waals surface area contributed by atoms with Gasteiger partial charge in [-0.1, -0.05) is 39.7 Å². The van der Waals surface area contributed by atoms with Gasteiger partial charge in [-0.05, 0) is 48.5 Å². The average Bonchev–Trinajstić information content (AvgIpc) is 2.35. The molecule has 2 rings (SSSR count). The van der Waals surface area contributed by atoms with Crippen LogP contribution in [0.15, 0.2) is 46.9 Å². The van der Waals surface area contributed by atoms with Crippen LogP contribution < -0.4 is 5.32 Å². The summed E-state index contributed by atoms with van der Waals surface area (Å²) in [5.74, 6) is -0.287. The second-order valence-electron chi connectivity index (χ2n) is 3.94. The van der Waals surface area contributed by atoms with E-state index in [0.29, 0.717) is 5.02 Å². The third-order valence-electron chi connectivity index (χ3n) is 2.74. The topological polar surface area (TPSA) is 12.0 Å². The molecule has 0 aliphatic heterocycles. The molecule has 0 fully saturated rings. The Morgan fingerprint density at radius 2 is 2.00 bits per heavy atom. The van der Waals surface area contributed by atoms with Crippen molar-refractivity contribution >= 4 is 27.5 Å². The van der Waals surface area contributed by atoms with Crippen molar-refractivity contribution < 1.29 is 4.39 Å². The van der Waals surface area contributed by atoms with Crippen molar-refractivity contribution in [3.8, 4) is 0 Å². The second-order valence-corrected chi connectivity index (χ2v) is 5.27. The van der Waals surface area contributed by atoms with Gasteiger partial charge in [0.25, 0.3) is 0 Å². The molecule has 0 heterocycles. The van der Waals surface area contributed by atoms with Crippen molar-refractivity contribution in [2.24, 2.45) is 0 Å². The highest BCUT2D eigenvalue weighted by molar-refractivity contribution is 9.10. The van der Waals surface area contributed by atoms with Crippen LogP contribution in [0.25, 0.3) is 0 Å². The molecule has 0 amide bonds. The summed E-state index contributed by atoms with van der Waals surface area (Å²) in [6.45, 7) is 0. The number of halogens is 3. The lowest BCUT2D eigenvalue weighted by molar-refractivity contribution is 0.617. The van der Waals surface area contributed by atoms with Gasteiger partial charge in [0.05, 0.1) is 6.04 Å². The van der Waals surface area contributed by atoms with Crippen molar-refractivity contribution in [2.75, 3.05) is 7.05 Å². The van der Waals surface area contributed by atoms with E-state index >= 15 is 0 Å². The largest absolute Gasteiger partial charge is 0.309 e. The molecule has 94 valence electrons. The Hall–Kier alpha value is -0.900. The Morgan fingerprint density at radius 3 is 2.67 bits per heavy atom. The fourth-order valence-electron chi connectivity index (χ4n) is 1.92. The minimum atomic E-state index is -0.287. The third-order valence-corrected chi connectivity index (χ3v) is 3.58. The lowest BCUT2D eigenvalue weighted by atomic mass is 9.99. The first-order chi connectivity index (χ1) is 8.61. The normalized spacial score (nSPS) is 12.4. The maximum Gasteiger partial charge on any atom is 0.123 e. The summed E-state index contributed by atoms with van der Waals surface area (Å²) in [5.41, 5.74) is 1.76. The molecule has 4 heteroatoms. The molecular formula is C14H12BrClFN. The molecule has 1 nitrogen and oxygen atoms in total. The van der Waals surface area contributed by atoms with E-state index < -0.39 is 0 Å². The third kappa shape index (κ3) is 2.91. The van der Waals surface area contributed by atoms with Crippen molar-refractivity contribution in [1.29, 1.82) is 0 Å². The van der Waals surface area contributed by atoms with Crippen LogP contribution in [0.4, 0.5) is 4.39 Å². The summed E-state index contributed by atoms with van der Waals surface area (Å²) in [4.78, 5) is 0. The van der Waals surface area contributed by atoms with Crippen LogP contribution in [-0.4, -0.2) is 7.05 Å². The first kappa shape index (κ1) is 13.5. The van der Waals surface area contributed by atoms with Gasteiger partial charge in [-0.3, -0.25) is 0 Å². The van der Waals surface area contributed by atoms with Gasteiger partial charge in [-0.2, -0.15) is 0 Å². The van der Waals surface area contributed by atoms with Gasteiger partial charge in [0.15, 0.2) is 0 Å². The van der Waals surface area contributed by atoms with Crippen LogP contribution in [0.3, 0.4) is 0 Å². The van der Waals surface area contributed by atoms with Crippen molar-refractivity contribution in [2.45, 2.75) is 6.04 Å². The van der Waals surface area contributed by atoms with Gasteiger partial charge in [0, 0.05) is 9.50 Å². The minimum Gasteiger partial charge on any atom is -0.309 e. The quantitative estimate of drug-likeness (QED) is 0.871. The van der Waals surface area contributed by atoms with E-state index in [1.54, 1.807) is 6.07 Å². The Morgan fingerprint density at radius 1 is 1.22 bits per heavy atom. The Bertz CT molecular complexity index is 559. The van der Waals surface area contributed by atoms with Gasteiger partial charge in [-0.25, -0.2) is 4.39 Å².